The minimum Gasteiger partial charge on any atom is -0.342 e. The lowest BCUT2D eigenvalue weighted by molar-refractivity contribution is -0.129. The molecular weight excluding hydrogens is 288 g/mol. The standard InChI is InChI=1S/C19H30N2O2/c1-5-7-8-13-21(16(4)22)14-12-18(23)20-19-15(3)10-9-11-17(19)6-2/h9-11H,5-8,12-14H2,1-4H3,(H,20,23). The number of unbranched alkanes of at least 4 members (excludes halogenated alkanes) is 2. The van der Waals surface area contributed by atoms with Gasteiger partial charge in [-0.15, -0.1) is 0 Å². The van der Waals surface area contributed by atoms with Crippen LogP contribution in [0.3, 0.4) is 0 Å². The zero-order valence-corrected chi connectivity index (χ0v) is 14.9. The van der Waals surface area contributed by atoms with Gasteiger partial charge in [0, 0.05) is 32.1 Å². The lowest BCUT2D eigenvalue weighted by atomic mass is 10.1. The monoisotopic (exact) mass is 318 g/mol. The first-order valence-corrected chi connectivity index (χ1v) is 8.63. The van der Waals surface area contributed by atoms with Crippen LogP contribution in [0.4, 0.5) is 5.69 Å². The zero-order chi connectivity index (χ0) is 17.2. The molecule has 0 atom stereocenters. The van der Waals surface area contributed by atoms with Crippen LogP contribution in [0.25, 0.3) is 0 Å². The number of hydrogen-bond acceptors (Lipinski definition) is 2. The van der Waals surface area contributed by atoms with Crippen LogP contribution in [0.2, 0.25) is 0 Å². The Labute approximate surface area is 140 Å². The van der Waals surface area contributed by atoms with Crippen LogP contribution in [0.5, 0.6) is 0 Å². The Hall–Kier alpha value is -1.84. The van der Waals surface area contributed by atoms with Gasteiger partial charge in [0.2, 0.25) is 11.8 Å². The smallest absolute Gasteiger partial charge is 0.226 e. The van der Waals surface area contributed by atoms with Crippen molar-refractivity contribution >= 4 is 17.5 Å². The minimum atomic E-state index is -0.0317. The summed E-state index contributed by atoms with van der Waals surface area (Å²) in [6, 6.07) is 6.05. The van der Waals surface area contributed by atoms with Crippen molar-refractivity contribution in [2.75, 3.05) is 18.4 Å². The summed E-state index contributed by atoms with van der Waals surface area (Å²) in [6.07, 6.45) is 4.45. The number of hydrogen-bond donors (Lipinski definition) is 1. The molecule has 0 saturated heterocycles. The van der Waals surface area contributed by atoms with E-state index < -0.39 is 0 Å². The van der Waals surface area contributed by atoms with Gasteiger partial charge in [-0.3, -0.25) is 9.59 Å². The molecular formula is C19H30N2O2. The van der Waals surface area contributed by atoms with E-state index in [1.807, 2.05) is 25.1 Å². The van der Waals surface area contributed by atoms with Crippen molar-refractivity contribution in [1.29, 1.82) is 0 Å². The van der Waals surface area contributed by atoms with E-state index in [0.29, 0.717) is 13.0 Å². The van der Waals surface area contributed by atoms with E-state index in [9.17, 15) is 9.59 Å². The Morgan fingerprint density at radius 2 is 1.87 bits per heavy atom. The number of aryl methyl sites for hydroxylation is 2. The highest BCUT2D eigenvalue weighted by Crippen LogP contribution is 2.21. The van der Waals surface area contributed by atoms with Gasteiger partial charge in [-0.1, -0.05) is 44.9 Å². The molecule has 1 aromatic rings. The van der Waals surface area contributed by atoms with Crippen molar-refractivity contribution in [1.82, 2.24) is 4.90 Å². The number of nitrogens with one attached hydrogen (secondary N) is 1. The third-order valence-corrected chi connectivity index (χ3v) is 4.09. The summed E-state index contributed by atoms with van der Waals surface area (Å²) < 4.78 is 0. The number of amides is 2. The predicted molar refractivity (Wildman–Crippen MR) is 95.6 cm³/mol. The molecule has 23 heavy (non-hydrogen) atoms. The maximum atomic E-state index is 12.2. The summed E-state index contributed by atoms with van der Waals surface area (Å²) in [7, 11) is 0. The molecule has 0 aliphatic rings. The number of carbonyl (C=O) groups excluding carboxylic acids is 2. The number of para-hydroxylation sites is 1. The molecule has 0 aliphatic carbocycles. The molecule has 0 saturated carbocycles. The minimum absolute atomic E-state index is 0.0317. The Morgan fingerprint density at radius 3 is 2.48 bits per heavy atom. The van der Waals surface area contributed by atoms with E-state index in [4.69, 9.17) is 0 Å². The second-order valence-electron chi connectivity index (χ2n) is 5.97. The van der Waals surface area contributed by atoms with Gasteiger partial charge in [0.05, 0.1) is 0 Å². The van der Waals surface area contributed by atoms with Gasteiger partial charge in [0.1, 0.15) is 0 Å². The molecule has 0 unspecified atom stereocenters. The van der Waals surface area contributed by atoms with Crippen molar-refractivity contribution in [3.05, 3.63) is 29.3 Å². The van der Waals surface area contributed by atoms with Crippen LogP contribution in [0, 0.1) is 6.92 Å². The third-order valence-electron chi connectivity index (χ3n) is 4.09. The topological polar surface area (TPSA) is 49.4 Å². The molecule has 0 fully saturated rings. The molecule has 2 amide bonds. The van der Waals surface area contributed by atoms with Crippen molar-refractivity contribution in [3.63, 3.8) is 0 Å². The van der Waals surface area contributed by atoms with Crippen LogP contribution in [0.15, 0.2) is 18.2 Å². The van der Waals surface area contributed by atoms with Crippen LogP contribution >= 0.6 is 0 Å². The van der Waals surface area contributed by atoms with E-state index in [0.717, 1.165) is 49.0 Å². The largest absolute Gasteiger partial charge is 0.342 e. The summed E-state index contributed by atoms with van der Waals surface area (Å²) in [5.41, 5.74) is 3.13. The second-order valence-corrected chi connectivity index (χ2v) is 5.97. The molecule has 0 bridgehead atoms. The van der Waals surface area contributed by atoms with Crippen LogP contribution < -0.4 is 5.32 Å². The Kier molecular flexibility index (Phi) is 8.38. The van der Waals surface area contributed by atoms with Gasteiger partial charge in [-0.05, 0) is 30.9 Å². The molecule has 0 aliphatic heterocycles. The van der Waals surface area contributed by atoms with E-state index in [1.54, 1.807) is 11.8 Å². The van der Waals surface area contributed by atoms with Gasteiger partial charge < -0.3 is 10.2 Å². The normalized spacial score (nSPS) is 10.4. The fraction of sp³-hybridized carbons (Fsp3) is 0.579. The molecule has 0 radical (unpaired) electrons. The first-order chi connectivity index (χ1) is 11.0. The lowest BCUT2D eigenvalue weighted by Crippen LogP contribution is -2.33. The number of benzene rings is 1. The number of rotatable bonds is 9. The first kappa shape index (κ1) is 19.2. The SMILES string of the molecule is CCCCCN(CCC(=O)Nc1c(C)cccc1CC)C(C)=O. The van der Waals surface area contributed by atoms with E-state index in [-0.39, 0.29) is 11.8 Å². The molecule has 4 heteroatoms. The average molecular weight is 318 g/mol. The Morgan fingerprint density at radius 1 is 1.13 bits per heavy atom. The fourth-order valence-corrected chi connectivity index (χ4v) is 2.62. The van der Waals surface area contributed by atoms with Crippen LogP contribution in [-0.4, -0.2) is 29.8 Å². The summed E-state index contributed by atoms with van der Waals surface area (Å²) in [5, 5.41) is 3.01. The maximum Gasteiger partial charge on any atom is 0.226 e. The molecule has 0 spiro atoms. The summed E-state index contributed by atoms with van der Waals surface area (Å²) in [5.74, 6) is 0.00906. The molecule has 1 rings (SSSR count). The Balaban J connectivity index is 2.57. The highest BCUT2D eigenvalue weighted by molar-refractivity contribution is 5.92. The van der Waals surface area contributed by atoms with Gasteiger partial charge in [0.25, 0.3) is 0 Å². The summed E-state index contributed by atoms with van der Waals surface area (Å²) in [4.78, 5) is 25.7. The summed E-state index contributed by atoms with van der Waals surface area (Å²) in [6.45, 7) is 9.01. The molecule has 128 valence electrons. The zero-order valence-electron chi connectivity index (χ0n) is 14.9. The van der Waals surface area contributed by atoms with Crippen molar-refractivity contribution in [3.8, 4) is 0 Å². The van der Waals surface area contributed by atoms with Crippen LogP contribution in [-0.2, 0) is 16.0 Å². The summed E-state index contributed by atoms with van der Waals surface area (Å²) >= 11 is 0. The predicted octanol–water partition coefficient (Wildman–Crippen LogP) is 3.92. The molecule has 1 N–H and O–H groups in total. The second kappa shape index (κ2) is 10.0. The number of carbonyl (C=O) groups is 2. The van der Waals surface area contributed by atoms with Crippen molar-refractivity contribution in [2.45, 2.75) is 59.8 Å². The quantitative estimate of drug-likeness (QED) is 0.701. The maximum absolute atomic E-state index is 12.2. The molecule has 1 aromatic carbocycles. The molecule has 4 nitrogen and oxygen atoms in total. The van der Waals surface area contributed by atoms with Crippen molar-refractivity contribution in [2.24, 2.45) is 0 Å². The van der Waals surface area contributed by atoms with E-state index in [1.165, 1.54) is 0 Å². The lowest BCUT2D eigenvalue weighted by Gasteiger charge is -2.21. The van der Waals surface area contributed by atoms with Gasteiger partial charge in [0.15, 0.2) is 0 Å². The first-order valence-electron chi connectivity index (χ1n) is 8.63. The number of anilines is 1. The van der Waals surface area contributed by atoms with E-state index >= 15 is 0 Å². The highest BCUT2D eigenvalue weighted by Gasteiger charge is 2.12. The average Bonchev–Trinajstić information content (AvgIpc) is 2.52. The Bertz CT molecular complexity index is 526. The van der Waals surface area contributed by atoms with Gasteiger partial charge in [-0.2, -0.15) is 0 Å². The van der Waals surface area contributed by atoms with Crippen LogP contribution in [0.1, 0.15) is 57.6 Å². The molecule has 0 heterocycles. The fourth-order valence-electron chi connectivity index (χ4n) is 2.62. The van der Waals surface area contributed by atoms with Gasteiger partial charge >= 0.3 is 0 Å². The molecule has 0 aromatic heterocycles. The van der Waals surface area contributed by atoms with Crippen molar-refractivity contribution < 1.29 is 9.59 Å². The third kappa shape index (κ3) is 6.43. The highest BCUT2D eigenvalue weighted by atomic mass is 16.2. The van der Waals surface area contributed by atoms with E-state index in [2.05, 4.69) is 19.2 Å². The number of nitrogens with zero attached hydrogens (tertiary/aromatic N) is 1. The van der Waals surface area contributed by atoms with Gasteiger partial charge in [-0.25, -0.2) is 0 Å².